The van der Waals surface area contributed by atoms with Crippen molar-refractivity contribution in [2.75, 3.05) is 6.61 Å². The Labute approximate surface area is 164 Å². The van der Waals surface area contributed by atoms with Crippen LogP contribution in [-0.2, 0) is 16.1 Å². The molecule has 27 heavy (non-hydrogen) atoms. The minimum atomic E-state index is -0.591. The van der Waals surface area contributed by atoms with Crippen molar-refractivity contribution in [3.8, 4) is 17.1 Å². The highest BCUT2D eigenvalue weighted by atomic mass is 35.5. The van der Waals surface area contributed by atoms with Crippen LogP contribution in [0.4, 0.5) is 4.39 Å². The average molecular weight is 410 g/mol. The van der Waals surface area contributed by atoms with Crippen LogP contribution in [0.25, 0.3) is 11.3 Å². The Morgan fingerprint density at radius 2 is 1.93 bits per heavy atom. The minimum absolute atomic E-state index is 0.0763. The second kappa shape index (κ2) is 8.41. The van der Waals surface area contributed by atoms with Crippen LogP contribution in [0.2, 0.25) is 10.0 Å². The molecule has 1 aromatic heterocycles. The molecule has 0 radical (unpaired) electrons. The van der Waals surface area contributed by atoms with Crippen LogP contribution in [0, 0.1) is 12.7 Å². The molecule has 0 spiro atoms. The Hall–Kier alpha value is -2.57. The van der Waals surface area contributed by atoms with Gasteiger partial charge in [-0.3, -0.25) is 0 Å². The summed E-state index contributed by atoms with van der Waals surface area (Å²) in [6, 6.07) is 10.5. The van der Waals surface area contributed by atoms with Crippen molar-refractivity contribution in [3.05, 3.63) is 69.6 Å². The maximum absolute atomic E-state index is 13.0. The van der Waals surface area contributed by atoms with Gasteiger partial charge in [-0.1, -0.05) is 28.4 Å². The fourth-order valence-corrected chi connectivity index (χ4v) is 2.76. The molecule has 0 aliphatic carbocycles. The second-order valence-corrected chi connectivity index (χ2v) is 6.46. The molecule has 140 valence electrons. The number of hydrogen-bond acceptors (Lipinski definition) is 5. The van der Waals surface area contributed by atoms with E-state index in [9.17, 15) is 9.18 Å². The van der Waals surface area contributed by atoms with E-state index in [2.05, 4.69) is 5.16 Å². The van der Waals surface area contributed by atoms with Gasteiger partial charge < -0.3 is 14.0 Å². The van der Waals surface area contributed by atoms with Gasteiger partial charge in [0.15, 0.2) is 12.4 Å². The Bertz CT molecular complexity index is 957. The number of carbonyl (C=O) groups excluding carboxylic acids is 1. The minimum Gasteiger partial charge on any atom is -0.480 e. The number of ether oxygens (including phenoxy) is 2. The van der Waals surface area contributed by atoms with Gasteiger partial charge in [-0.25, -0.2) is 9.18 Å². The van der Waals surface area contributed by atoms with E-state index in [4.69, 9.17) is 37.2 Å². The molecule has 2 aromatic carbocycles. The molecule has 0 bridgehead atoms. The molecule has 5 nitrogen and oxygen atoms in total. The molecule has 8 heteroatoms. The van der Waals surface area contributed by atoms with Crippen LogP contribution in [-0.4, -0.2) is 17.7 Å². The van der Waals surface area contributed by atoms with E-state index >= 15 is 0 Å². The standard InChI is InChI=1S/C19H14Cl2FNO4/c1-11-16(23-27-19(11)12-2-5-14(22)6-3-12)9-26-18(24)10-25-17-7-4-13(20)8-15(17)21/h2-8H,9-10H2,1H3. The Morgan fingerprint density at radius 3 is 2.63 bits per heavy atom. The van der Waals surface area contributed by atoms with Gasteiger partial charge in [0.2, 0.25) is 0 Å². The number of aromatic nitrogens is 1. The molecule has 0 amide bonds. The monoisotopic (exact) mass is 409 g/mol. The van der Waals surface area contributed by atoms with Crippen molar-refractivity contribution in [1.82, 2.24) is 5.16 Å². The normalized spacial score (nSPS) is 10.7. The lowest BCUT2D eigenvalue weighted by molar-refractivity contribution is -0.147. The number of halogens is 3. The number of carbonyl (C=O) groups is 1. The first-order chi connectivity index (χ1) is 12.9. The molecule has 0 fully saturated rings. The predicted molar refractivity (Wildman–Crippen MR) is 98.4 cm³/mol. The van der Waals surface area contributed by atoms with Crippen LogP contribution in [0.5, 0.6) is 5.75 Å². The first-order valence-electron chi connectivity index (χ1n) is 7.88. The van der Waals surface area contributed by atoms with Crippen LogP contribution < -0.4 is 4.74 Å². The molecule has 0 saturated carbocycles. The molecule has 0 N–H and O–H groups in total. The van der Waals surface area contributed by atoms with Gasteiger partial charge in [-0.2, -0.15) is 0 Å². The predicted octanol–water partition coefficient (Wildman–Crippen LogP) is 5.22. The molecule has 0 atom stereocenters. The molecule has 0 aliphatic heterocycles. The molecular weight excluding hydrogens is 396 g/mol. The number of hydrogen-bond donors (Lipinski definition) is 0. The highest BCUT2D eigenvalue weighted by Gasteiger charge is 2.16. The lowest BCUT2D eigenvalue weighted by Gasteiger charge is -2.08. The van der Waals surface area contributed by atoms with Crippen molar-refractivity contribution in [2.45, 2.75) is 13.5 Å². The van der Waals surface area contributed by atoms with Crippen molar-refractivity contribution >= 4 is 29.2 Å². The van der Waals surface area contributed by atoms with Gasteiger partial charge >= 0.3 is 5.97 Å². The van der Waals surface area contributed by atoms with E-state index in [0.29, 0.717) is 38.4 Å². The summed E-state index contributed by atoms with van der Waals surface area (Å²) >= 11 is 11.8. The summed E-state index contributed by atoms with van der Waals surface area (Å²) in [6.07, 6.45) is 0. The average Bonchev–Trinajstić information content (AvgIpc) is 3.00. The molecule has 3 rings (SSSR count). The molecule has 3 aromatic rings. The zero-order valence-electron chi connectivity index (χ0n) is 14.2. The van der Waals surface area contributed by atoms with Crippen molar-refractivity contribution in [2.24, 2.45) is 0 Å². The summed E-state index contributed by atoms with van der Waals surface area (Å²) in [7, 11) is 0. The van der Waals surface area contributed by atoms with Crippen molar-refractivity contribution < 1.29 is 23.2 Å². The van der Waals surface area contributed by atoms with Gasteiger partial charge in [-0.05, 0) is 49.4 Å². The maximum Gasteiger partial charge on any atom is 0.344 e. The summed E-state index contributed by atoms with van der Waals surface area (Å²) in [4.78, 5) is 11.9. The highest BCUT2D eigenvalue weighted by molar-refractivity contribution is 6.35. The SMILES string of the molecule is Cc1c(COC(=O)COc2ccc(Cl)cc2Cl)noc1-c1ccc(F)cc1. The quantitative estimate of drug-likeness (QED) is 0.522. The Morgan fingerprint density at radius 1 is 1.19 bits per heavy atom. The molecule has 0 saturated heterocycles. The van der Waals surface area contributed by atoms with E-state index < -0.39 is 5.97 Å². The van der Waals surface area contributed by atoms with Crippen LogP contribution in [0.3, 0.4) is 0 Å². The van der Waals surface area contributed by atoms with E-state index in [1.165, 1.54) is 18.2 Å². The van der Waals surface area contributed by atoms with Gasteiger partial charge in [0.05, 0.1) is 5.02 Å². The van der Waals surface area contributed by atoms with E-state index in [1.54, 1.807) is 31.2 Å². The zero-order chi connectivity index (χ0) is 19.4. The number of nitrogens with zero attached hydrogens (tertiary/aromatic N) is 1. The first kappa shape index (κ1) is 19.2. The zero-order valence-corrected chi connectivity index (χ0v) is 15.7. The lowest BCUT2D eigenvalue weighted by Crippen LogP contribution is -2.15. The van der Waals surface area contributed by atoms with Crippen LogP contribution in [0.15, 0.2) is 47.0 Å². The number of benzene rings is 2. The highest BCUT2D eigenvalue weighted by Crippen LogP contribution is 2.28. The number of rotatable bonds is 6. The molecule has 0 aliphatic rings. The maximum atomic E-state index is 13.0. The van der Waals surface area contributed by atoms with Crippen LogP contribution in [0.1, 0.15) is 11.3 Å². The summed E-state index contributed by atoms with van der Waals surface area (Å²) in [5.74, 6) is -0.114. The van der Waals surface area contributed by atoms with E-state index in [0.717, 1.165) is 0 Å². The summed E-state index contributed by atoms with van der Waals surface area (Å²) < 4.78 is 28.8. The molecule has 1 heterocycles. The van der Waals surface area contributed by atoms with Crippen LogP contribution >= 0.6 is 23.2 Å². The first-order valence-corrected chi connectivity index (χ1v) is 8.64. The van der Waals surface area contributed by atoms with Crippen molar-refractivity contribution in [3.63, 3.8) is 0 Å². The third-order valence-electron chi connectivity index (χ3n) is 3.74. The molecular formula is C19H14Cl2FNO4. The lowest BCUT2D eigenvalue weighted by atomic mass is 10.1. The largest absolute Gasteiger partial charge is 0.480 e. The smallest absolute Gasteiger partial charge is 0.344 e. The molecule has 0 unspecified atom stereocenters. The van der Waals surface area contributed by atoms with Gasteiger partial charge in [0, 0.05) is 16.1 Å². The third-order valence-corrected chi connectivity index (χ3v) is 4.27. The van der Waals surface area contributed by atoms with Crippen molar-refractivity contribution in [1.29, 1.82) is 0 Å². The Balaban J connectivity index is 1.57. The third kappa shape index (κ3) is 4.78. The fraction of sp³-hybridized carbons (Fsp3) is 0.158. The Kier molecular flexibility index (Phi) is 5.98. The van der Waals surface area contributed by atoms with Gasteiger partial charge in [0.25, 0.3) is 0 Å². The van der Waals surface area contributed by atoms with E-state index in [-0.39, 0.29) is 19.0 Å². The summed E-state index contributed by atoms with van der Waals surface area (Å²) in [5.41, 5.74) is 1.85. The fourth-order valence-electron chi connectivity index (χ4n) is 2.29. The van der Waals surface area contributed by atoms with Gasteiger partial charge in [-0.15, -0.1) is 0 Å². The number of esters is 1. The summed E-state index contributed by atoms with van der Waals surface area (Å²) in [6.45, 7) is 1.39. The van der Waals surface area contributed by atoms with E-state index in [1.807, 2.05) is 0 Å². The van der Waals surface area contributed by atoms with Gasteiger partial charge in [0.1, 0.15) is 23.9 Å². The second-order valence-electron chi connectivity index (χ2n) is 5.61. The summed E-state index contributed by atoms with van der Waals surface area (Å²) in [5, 5.41) is 4.67. The topological polar surface area (TPSA) is 61.6 Å².